The molecule has 4 aromatic rings. The molecule has 4 rings (SSSR count). The van der Waals surface area contributed by atoms with E-state index in [-0.39, 0.29) is 67.1 Å². The Morgan fingerprint density at radius 3 is 1.79 bits per heavy atom. The number of aliphatic hydroxyl groups excluding tert-OH is 1. The molecule has 0 aliphatic rings. The van der Waals surface area contributed by atoms with Crippen molar-refractivity contribution in [3.05, 3.63) is 152 Å². The van der Waals surface area contributed by atoms with E-state index in [2.05, 4.69) is 59.1 Å². The smallest absolute Gasteiger partial charge is 0.405 e. The zero-order chi connectivity index (χ0) is 65.0. The molecule has 86 heavy (non-hydrogen) atoms. The Morgan fingerprint density at radius 1 is 0.767 bits per heavy atom. The van der Waals surface area contributed by atoms with Crippen LogP contribution in [-0.4, -0.2) is 81.1 Å². The summed E-state index contributed by atoms with van der Waals surface area (Å²) in [6.45, 7) is 16.8. The van der Waals surface area contributed by atoms with E-state index in [1.54, 1.807) is 71.1 Å². The van der Waals surface area contributed by atoms with Crippen molar-refractivity contribution < 1.29 is 47.7 Å². The average Bonchev–Trinajstić information content (AvgIpc) is 4.15. The first-order valence-electron chi connectivity index (χ1n) is 27.8. The maximum Gasteiger partial charge on any atom is 0.405 e. The molecule has 1 unspecified atom stereocenters. The summed E-state index contributed by atoms with van der Waals surface area (Å²) in [6, 6.07) is 14.1. The van der Waals surface area contributed by atoms with Crippen LogP contribution >= 0.6 is 22.7 Å². The van der Waals surface area contributed by atoms with Gasteiger partial charge in [0, 0.05) is 37.8 Å². The van der Waals surface area contributed by atoms with Gasteiger partial charge in [-0.05, 0) is 152 Å². The lowest BCUT2D eigenvalue weighted by Crippen LogP contribution is -2.28. The van der Waals surface area contributed by atoms with E-state index < -0.39 is 17.6 Å². The number of aromatic nitrogens is 4. The van der Waals surface area contributed by atoms with Gasteiger partial charge in [-0.25, -0.2) is 9.18 Å². The SMILES string of the molecule is C/C=C(\C=C(/C)CC)CC(=O)N/C(N)=C/C=C(\N)CCCCc1nnc(NC(=O)C(C)c2ccc(F)c(C)c2)s1.CC(C)(C)OC(N)=O.CCCC(=O)OCNc1nnc(CCCC/C(N)=C/C=C(\N)NC(=O)Cc2ccccc2)s1.CO.NC=O. The number of carbonyl (C=O) groups excluding carboxylic acids is 6. The van der Waals surface area contributed by atoms with Crippen molar-refractivity contribution >= 4 is 69.1 Å². The molecule has 0 aliphatic heterocycles. The van der Waals surface area contributed by atoms with E-state index in [0.29, 0.717) is 52.9 Å². The number of hydrogen-bond acceptors (Lipinski definition) is 20. The van der Waals surface area contributed by atoms with Gasteiger partial charge in [0.25, 0.3) is 0 Å². The molecule has 0 fully saturated rings. The predicted octanol–water partition coefficient (Wildman–Crippen LogP) is 8.45. The van der Waals surface area contributed by atoms with Crippen LogP contribution in [0.2, 0.25) is 0 Å². The normalized spacial score (nSPS) is 12.1. The lowest BCUT2D eigenvalue weighted by atomic mass is 9.98. The van der Waals surface area contributed by atoms with Crippen molar-refractivity contribution in [2.75, 3.05) is 24.5 Å². The predicted molar refractivity (Wildman–Crippen MR) is 339 cm³/mol. The number of hydrogen-bond donors (Lipinski definition) is 11. The zero-order valence-corrected chi connectivity index (χ0v) is 52.9. The van der Waals surface area contributed by atoms with Crippen LogP contribution in [0.15, 0.2) is 119 Å². The Labute approximate surface area is 513 Å². The maximum absolute atomic E-state index is 13.5. The molecule has 0 spiro atoms. The summed E-state index contributed by atoms with van der Waals surface area (Å²) >= 11 is 2.77. The molecule has 2 aromatic heterocycles. The van der Waals surface area contributed by atoms with Crippen LogP contribution in [0.25, 0.3) is 0 Å². The highest BCUT2D eigenvalue weighted by Gasteiger charge is 2.19. The maximum atomic E-state index is 13.5. The van der Waals surface area contributed by atoms with Crippen LogP contribution in [0.4, 0.5) is 19.4 Å². The number of allylic oxidation sites excluding steroid dienone is 9. The lowest BCUT2D eigenvalue weighted by Gasteiger charge is -2.16. The van der Waals surface area contributed by atoms with Gasteiger partial charge in [-0.15, -0.1) is 20.4 Å². The molecule has 23 nitrogen and oxygen atoms in total. The summed E-state index contributed by atoms with van der Waals surface area (Å²) in [6.07, 6.45) is 19.0. The van der Waals surface area contributed by atoms with Gasteiger partial charge in [0.1, 0.15) is 33.1 Å². The first kappa shape index (κ1) is 77.5. The summed E-state index contributed by atoms with van der Waals surface area (Å²) in [7, 11) is 1.00. The quantitative estimate of drug-likeness (QED) is 0.00835. The second-order valence-corrected chi connectivity index (χ2v) is 21.9. The number of amides is 5. The van der Waals surface area contributed by atoms with Crippen LogP contribution in [0, 0.1) is 12.7 Å². The molecule has 0 saturated heterocycles. The number of nitrogens with one attached hydrogen (secondary N) is 4. The molecule has 0 radical (unpaired) electrons. The van der Waals surface area contributed by atoms with Crippen LogP contribution in [0.3, 0.4) is 0 Å². The number of esters is 1. The minimum Gasteiger partial charge on any atom is -0.444 e. The fraction of sp³-hybridized carbons (Fsp3) is 0.433. The number of benzene rings is 2. The summed E-state index contributed by atoms with van der Waals surface area (Å²) in [5, 5.41) is 37.3. The topological polar surface area (TPSA) is 397 Å². The summed E-state index contributed by atoms with van der Waals surface area (Å²) in [4.78, 5) is 66.8. The summed E-state index contributed by atoms with van der Waals surface area (Å²) < 4.78 is 23.1. The van der Waals surface area contributed by atoms with Gasteiger partial charge in [-0.1, -0.05) is 96.7 Å². The van der Waals surface area contributed by atoms with Gasteiger partial charge in [0.05, 0.1) is 18.8 Å². The molecule has 2 aromatic carbocycles. The third kappa shape index (κ3) is 38.4. The number of aryl methyl sites for hydroxylation is 3. The molecule has 26 heteroatoms. The van der Waals surface area contributed by atoms with Crippen LogP contribution in [0.5, 0.6) is 0 Å². The van der Waals surface area contributed by atoms with E-state index in [0.717, 1.165) is 78.8 Å². The number of aliphatic hydroxyl groups is 1. The van der Waals surface area contributed by atoms with E-state index in [4.69, 9.17) is 43.3 Å². The van der Waals surface area contributed by atoms with Crippen LogP contribution in [0.1, 0.15) is 152 Å². The van der Waals surface area contributed by atoms with Crippen molar-refractivity contribution in [2.45, 2.75) is 157 Å². The number of primary amides is 2. The number of nitrogens with two attached hydrogens (primary N) is 6. The number of halogens is 1. The lowest BCUT2D eigenvalue weighted by molar-refractivity contribution is -0.143. The van der Waals surface area contributed by atoms with E-state index in [9.17, 15) is 28.4 Å². The molecule has 17 N–H and O–H groups in total. The summed E-state index contributed by atoms with van der Waals surface area (Å²) in [5.74, 6) is -1.05. The highest BCUT2D eigenvalue weighted by atomic mass is 32.1. The molecule has 0 aliphatic carbocycles. The molecule has 0 bridgehead atoms. The Bertz CT molecular complexity index is 2880. The second-order valence-electron chi connectivity index (χ2n) is 19.8. The largest absolute Gasteiger partial charge is 0.444 e. The number of rotatable bonds is 28. The molecule has 2 heterocycles. The van der Waals surface area contributed by atoms with Gasteiger partial charge in [-0.3, -0.25) is 24.0 Å². The van der Waals surface area contributed by atoms with Crippen molar-refractivity contribution in [3.8, 4) is 0 Å². The molecule has 0 saturated carbocycles. The van der Waals surface area contributed by atoms with E-state index >= 15 is 0 Å². The highest BCUT2D eigenvalue weighted by molar-refractivity contribution is 7.15. The van der Waals surface area contributed by atoms with Crippen LogP contribution in [-0.2, 0) is 52.7 Å². The molecule has 5 amide bonds. The Balaban J connectivity index is 0.00000141. The fourth-order valence-electron chi connectivity index (χ4n) is 6.78. The number of ether oxygens (including phenoxy) is 2. The zero-order valence-electron chi connectivity index (χ0n) is 51.3. The number of anilines is 2. The van der Waals surface area contributed by atoms with Gasteiger partial charge < -0.3 is 70.2 Å². The average molecular weight is 1240 g/mol. The van der Waals surface area contributed by atoms with Crippen molar-refractivity contribution in [3.63, 3.8) is 0 Å². The van der Waals surface area contributed by atoms with Gasteiger partial charge in [-0.2, -0.15) is 0 Å². The molecule has 474 valence electrons. The van der Waals surface area contributed by atoms with Crippen molar-refractivity contribution in [1.82, 2.24) is 31.0 Å². The number of nitrogens with zero attached hydrogens (tertiary/aromatic N) is 4. The minimum atomic E-state index is -0.725. The van der Waals surface area contributed by atoms with Gasteiger partial charge in [0.2, 0.25) is 34.4 Å². The number of unbranched alkanes of at least 4 members (excludes halogenated alkanes) is 2. The van der Waals surface area contributed by atoms with E-state index in [1.807, 2.05) is 63.3 Å². The first-order valence-corrected chi connectivity index (χ1v) is 29.4. The van der Waals surface area contributed by atoms with E-state index in [1.165, 1.54) is 34.3 Å². The highest BCUT2D eigenvalue weighted by Crippen LogP contribution is 2.24. The third-order valence-electron chi connectivity index (χ3n) is 11.2. The first-order chi connectivity index (χ1) is 40.8. The number of carbonyl (C=O) groups is 6. The third-order valence-corrected chi connectivity index (χ3v) is 13.1. The van der Waals surface area contributed by atoms with Gasteiger partial charge in [0.15, 0.2) is 6.73 Å². The molecule has 1 atom stereocenters. The second kappa shape index (κ2) is 45.0. The Morgan fingerprint density at radius 2 is 1.30 bits per heavy atom. The Kier molecular flexibility index (Phi) is 40.5. The van der Waals surface area contributed by atoms with Gasteiger partial charge >= 0.3 is 12.1 Å². The minimum absolute atomic E-state index is 0.0954. The Hall–Kier alpha value is -8.49. The summed E-state index contributed by atoms with van der Waals surface area (Å²) in [5.41, 5.74) is 38.0. The monoisotopic (exact) mass is 1230 g/mol. The molecular weight excluding hydrogens is 1140 g/mol. The van der Waals surface area contributed by atoms with Crippen LogP contribution < -0.4 is 55.7 Å². The van der Waals surface area contributed by atoms with Crippen molar-refractivity contribution in [2.24, 2.45) is 34.4 Å². The molecular formula is C60H91FN14O9S2. The van der Waals surface area contributed by atoms with Crippen molar-refractivity contribution in [1.29, 1.82) is 0 Å². The standard InChI is InChI=1S/C30H41FN6O2S.C23H32N6O3S.C5H11NO2.CH3NO.CH4O/c1-6-19(3)16-22(7-2)18-27(38)34-26(33)15-13-24(32)10-8-9-11-28-36-37-30(40-28)35-29(39)21(5)23-12-14-25(31)20(4)17-23;1-2-8-22(31)32-16-26-23-29-28-21(33-23)12-7-6-11-18(24)13-14-19(25)27-20(30)15-17-9-4-3-5-10-17;1-5(2,3)8-4(6)7;2-1-3;1-2/h7,12-17,21H,6,8-11,18,32-33H2,1-5H3,(H,34,38)(H,35,37,39);3-5,9-10,13-14H,2,6-8,11-12,15-16,24-25H2,1H3,(H,26,29)(H,27,30);1-3H3,(H2,6,7);1H,(H2,2,3);2H,1H3/b19-16+,22-7+,24-13-,26-15+;18-13-,19-14+;;;. The fourth-order valence-corrected chi connectivity index (χ4v) is 8.32.